The van der Waals surface area contributed by atoms with Gasteiger partial charge in [0.25, 0.3) is 0 Å². The van der Waals surface area contributed by atoms with E-state index in [0.717, 1.165) is 27.7 Å². The molecule has 6 nitrogen and oxygen atoms in total. The van der Waals surface area contributed by atoms with Crippen molar-refractivity contribution in [1.29, 1.82) is 0 Å². The molecule has 0 aromatic heterocycles. The number of carboxylic acid groups (broad SMARTS) is 1. The summed E-state index contributed by atoms with van der Waals surface area (Å²) >= 11 is 1.56. The minimum absolute atomic E-state index is 0.311. The molecule has 0 amide bonds. The van der Waals surface area contributed by atoms with Crippen LogP contribution < -0.4 is 4.74 Å². The van der Waals surface area contributed by atoms with Crippen molar-refractivity contribution in [3.63, 3.8) is 0 Å². The highest BCUT2D eigenvalue weighted by Crippen LogP contribution is 2.27. The molecule has 3 aromatic rings. The largest absolute Gasteiger partial charge is 0.482 e. The zero-order valence-corrected chi connectivity index (χ0v) is 19.8. The molecule has 0 bridgehead atoms. The molecule has 0 unspecified atom stereocenters. The van der Waals surface area contributed by atoms with Crippen LogP contribution in [0.3, 0.4) is 0 Å². The number of thioether (sulfide) groups is 1. The van der Waals surface area contributed by atoms with Crippen LogP contribution in [0.25, 0.3) is 10.8 Å². The molecule has 0 radical (unpaired) electrons. The summed E-state index contributed by atoms with van der Waals surface area (Å²) in [6.07, 6.45) is 0.728. The van der Waals surface area contributed by atoms with Crippen molar-refractivity contribution in [1.82, 2.24) is 4.31 Å². The van der Waals surface area contributed by atoms with E-state index in [9.17, 15) is 13.2 Å². The molecule has 0 saturated heterocycles. The molecule has 170 valence electrons. The van der Waals surface area contributed by atoms with Crippen LogP contribution in [0.4, 0.5) is 0 Å². The van der Waals surface area contributed by atoms with Crippen molar-refractivity contribution in [3.8, 4) is 5.75 Å². The number of carboxylic acids is 1. The molecule has 0 aliphatic carbocycles. The highest BCUT2D eigenvalue weighted by molar-refractivity contribution is 7.99. The number of aliphatic carboxylic acids is 1. The number of aryl methyl sites for hydroxylation is 1. The minimum atomic E-state index is -3.60. The molecule has 0 saturated carbocycles. The lowest BCUT2D eigenvalue weighted by Gasteiger charge is -2.22. The van der Waals surface area contributed by atoms with Crippen LogP contribution in [0.2, 0.25) is 0 Å². The molecular weight excluding hydrogens is 446 g/mol. The van der Waals surface area contributed by atoms with Crippen molar-refractivity contribution in [3.05, 3.63) is 66.2 Å². The number of ether oxygens (including phenoxy) is 1. The van der Waals surface area contributed by atoms with Gasteiger partial charge in [0.15, 0.2) is 6.61 Å². The maximum Gasteiger partial charge on any atom is 0.341 e. The molecule has 1 N–H and O–H groups in total. The van der Waals surface area contributed by atoms with Gasteiger partial charge in [-0.25, -0.2) is 13.2 Å². The molecule has 32 heavy (non-hydrogen) atoms. The minimum Gasteiger partial charge on any atom is -0.482 e. The first-order valence-corrected chi connectivity index (χ1v) is 12.8. The summed E-state index contributed by atoms with van der Waals surface area (Å²) in [6.45, 7) is 4.29. The average molecular weight is 474 g/mol. The zero-order chi connectivity index (χ0) is 23.1. The van der Waals surface area contributed by atoms with E-state index in [2.05, 4.69) is 0 Å². The van der Waals surface area contributed by atoms with Gasteiger partial charge in [0.05, 0.1) is 4.90 Å². The number of sulfonamides is 1. The predicted octanol–water partition coefficient (Wildman–Crippen LogP) is 4.80. The summed E-state index contributed by atoms with van der Waals surface area (Å²) in [5.74, 6) is 0.108. The molecule has 0 spiro atoms. The number of nitrogens with zero attached hydrogens (tertiary/aromatic N) is 1. The van der Waals surface area contributed by atoms with Gasteiger partial charge in [0.2, 0.25) is 10.0 Å². The van der Waals surface area contributed by atoms with Crippen LogP contribution in [-0.2, 0) is 14.8 Å². The normalized spacial score (nSPS) is 11.7. The first kappa shape index (κ1) is 24.1. The van der Waals surface area contributed by atoms with Gasteiger partial charge in [0, 0.05) is 23.7 Å². The Labute approximate surface area is 193 Å². The second-order valence-electron chi connectivity index (χ2n) is 7.37. The molecule has 3 rings (SSSR count). The summed E-state index contributed by atoms with van der Waals surface area (Å²) in [4.78, 5) is 12.0. The molecule has 0 heterocycles. The Morgan fingerprint density at radius 1 is 1.03 bits per heavy atom. The van der Waals surface area contributed by atoms with Gasteiger partial charge in [-0.05, 0) is 60.0 Å². The lowest BCUT2D eigenvalue weighted by atomic mass is 10.1. The third-order valence-electron chi connectivity index (χ3n) is 4.94. The maximum atomic E-state index is 13.3. The summed E-state index contributed by atoms with van der Waals surface area (Å²) in [5.41, 5.74) is 0.838. The first-order chi connectivity index (χ1) is 15.3. The van der Waals surface area contributed by atoms with E-state index >= 15 is 0 Å². The van der Waals surface area contributed by atoms with Crippen LogP contribution in [0, 0.1) is 6.92 Å². The Bertz CT molecular complexity index is 1190. The van der Waals surface area contributed by atoms with Crippen LogP contribution in [0.15, 0.2) is 70.5 Å². The summed E-state index contributed by atoms with van der Waals surface area (Å²) in [5, 5.41) is 10.7. The fraction of sp³-hybridized carbons (Fsp3) is 0.292. The number of benzene rings is 3. The van der Waals surface area contributed by atoms with Gasteiger partial charge in [-0.15, -0.1) is 11.8 Å². The van der Waals surface area contributed by atoms with Crippen molar-refractivity contribution in [2.24, 2.45) is 0 Å². The average Bonchev–Trinajstić information content (AvgIpc) is 2.77. The second kappa shape index (κ2) is 10.8. The van der Waals surface area contributed by atoms with Crippen molar-refractivity contribution in [2.45, 2.75) is 30.1 Å². The Balaban J connectivity index is 1.68. The smallest absolute Gasteiger partial charge is 0.341 e. The van der Waals surface area contributed by atoms with Gasteiger partial charge < -0.3 is 9.84 Å². The van der Waals surface area contributed by atoms with Crippen molar-refractivity contribution in [2.75, 3.05) is 25.4 Å². The standard InChI is InChI=1S/C24H27NO5S2/c1-3-12-25(32(28,29)22-10-8-19-6-4-5-7-20(19)16-22)13-14-31-21-9-11-23(18(2)15-21)30-17-24(26)27/h4-11,15-16H,3,12-14,17H2,1-2H3,(H,26,27). The first-order valence-electron chi connectivity index (χ1n) is 10.4. The van der Waals surface area contributed by atoms with Crippen LogP contribution >= 0.6 is 11.8 Å². The summed E-state index contributed by atoms with van der Waals surface area (Å²) in [6, 6.07) is 18.5. The summed E-state index contributed by atoms with van der Waals surface area (Å²) in [7, 11) is -3.60. The molecule has 8 heteroatoms. The van der Waals surface area contributed by atoms with E-state index in [1.807, 2.05) is 56.3 Å². The Kier molecular flexibility index (Phi) is 8.17. The van der Waals surface area contributed by atoms with Crippen LogP contribution in [-0.4, -0.2) is 49.2 Å². The zero-order valence-electron chi connectivity index (χ0n) is 18.2. The lowest BCUT2D eigenvalue weighted by molar-refractivity contribution is -0.139. The number of carbonyl (C=O) groups is 1. The number of hydrogen-bond acceptors (Lipinski definition) is 5. The van der Waals surface area contributed by atoms with E-state index in [4.69, 9.17) is 9.84 Å². The van der Waals surface area contributed by atoms with Crippen molar-refractivity contribution >= 4 is 38.5 Å². The summed E-state index contributed by atoms with van der Waals surface area (Å²) < 4.78 is 33.4. The molecule has 0 atom stereocenters. The SMILES string of the molecule is CCCN(CCSc1ccc(OCC(=O)O)c(C)c1)S(=O)(=O)c1ccc2ccccc2c1. The molecular formula is C24H27NO5S2. The number of hydrogen-bond donors (Lipinski definition) is 1. The van der Waals surface area contributed by atoms with E-state index in [1.165, 1.54) is 0 Å². The lowest BCUT2D eigenvalue weighted by Crippen LogP contribution is -2.33. The van der Waals surface area contributed by atoms with Crippen LogP contribution in [0.1, 0.15) is 18.9 Å². The topological polar surface area (TPSA) is 83.9 Å². The van der Waals surface area contributed by atoms with E-state index in [1.54, 1.807) is 34.3 Å². The number of rotatable bonds is 11. The Hall–Kier alpha value is -2.55. The van der Waals surface area contributed by atoms with E-state index < -0.39 is 16.0 Å². The van der Waals surface area contributed by atoms with Crippen LogP contribution in [0.5, 0.6) is 5.75 Å². The maximum absolute atomic E-state index is 13.3. The van der Waals surface area contributed by atoms with Gasteiger partial charge in [-0.3, -0.25) is 0 Å². The monoisotopic (exact) mass is 473 g/mol. The Morgan fingerprint density at radius 3 is 2.47 bits per heavy atom. The highest BCUT2D eigenvalue weighted by Gasteiger charge is 2.23. The molecule has 3 aromatic carbocycles. The van der Waals surface area contributed by atoms with Gasteiger partial charge in [-0.2, -0.15) is 4.31 Å². The highest BCUT2D eigenvalue weighted by atomic mass is 32.2. The Morgan fingerprint density at radius 2 is 1.78 bits per heavy atom. The molecule has 0 aliphatic heterocycles. The second-order valence-corrected chi connectivity index (χ2v) is 10.5. The van der Waals surface area contributed by atoms with Gasteiger partial charge in [0.1, 0.15) is 5.75 Å². The van der Waals surface area contributed by atoms with Crippen molar-refractivity contribution < 1.29 is 23.1 Å². The van der Waals surface area contributed by atoms with E-state index in [0.29, 0.717) is 29.5 Å². The van der Waals surface area contributed by atoms with Gasteiger partial charge >= 0.3 is 5.97 Å². The quantitative estimate of drug-likeness (QED) is 0.403. The van der Waals surface area contributed by atoms with Gasteiger partial charge in [-0.1, -0.05) is 37.3 Å². The number of fused-ring (bicyclic) bond motifs is 1. The fourth-order valence-corrected chi connectivity index (χ4v) is 6.01. The third kappa shape index (κ3) is 6.03. The van der Waals surface area contributed by atoms with E-state index in [-0.39, 0.29) is 6.61 Å². The third-order valence-corrected chi connectivity index (χ3v) is 7.81. The molecule has 0 fully saturated rings. The molecule has 0 aliphatic rings. The predicted molar refractivity (Wildman–Crippen MR) is 128 cm³/mol. The fourth-order valence-electron chi connectivity index (χ4n) is 3.36.